The van der Waals surface area contributed by atoms with Crippen molar-refractivity contribution in [3.8, 4) is 0 Å². The summed E-state index contributed by atoms with van der Waals surface area (Å²) in [6.07, 6.45) is 1.20. The summed E-state index contributed by atoms with van der Waals surface area (Å²) >= 11 is 0. The summed E-state index contributed by atoms with van der Waals surface area (Å²) in [6.45, 7) is 2.67. The van der Waals surface area contributed by atoms with Crippen molar-refractivity contribution in [1.29, 1.82) is 0 Å². The minimum absolute atomic E-state index is 0.0357. The van der Waals surface area contributed by atoms with E-state index in [0.29, 0.717) is 0 Å². The van der Waals surface area contributed by atoms with Crippen molar-refractivity contribution < 1.29 is 24.7 Å². The van der Waals surface area contributed by atoms with E-state index in [1.807, 2.05) is 0 Å². The normalized spacial score (nSPS) is 12.2. The van der Waals surface area contributed by atoms with E-state index in [0.717, 1.165) is 6.07 Å². The summed E-state index contributed by atoms with van der Waals surface area (Å²) in [5, 5.41) is 30.4. The third kappa shape index (κ3) is 3.32. The van der Waals surface area contributed by atoms with Gasteiger partial charge in [0.25, 0.3) is 11.6 Å². The fraction of sp³-hybridized carbons (Fsp3) is 0.455. The first-order chi connectivity index (χ1) is 9.27. The van der Waals surface area contributed by atoms with Gasteiger partial charge in [-0.05, 0) is 13.8 Å². The molecule has 0 spiro atoms. The smallest absolute Gasteiger partial charge is 0.328 e. The molecule has 0 aromatic carbocycles. The molecule has 1 rings (SSSR count). The Balaban J connectivity index is 3.08. The van der Waals surface area contributed by atoms with E-state index < -0.39 is 29.4 Å². The fourth-order valence-electron chi connectivity index (χ4n) is 1.59. The van der Waals surface area contributed by atoms with Crippen molar-refractivity contribution >= 4 is 17.6 Å². The Bertz CT molecular complexity index is 536. The Kier molecular flexibility index (Phi) is 4.81. The van der Waals surface area contributed by atoms with E-state index in [9.17, 15) is 19.7 Å². The summed E-state index contributed by atoms with van der Waals surface area (Å²) in [7, 11) is 0. The first-order valence-corrected chi connectivity index (χ1v) is 5.78. The van der Waals surface area contributed by atoms with E-state index in [1.165, 1.54) is 10.8 Å². The van der Waals surface area contributed by atoms with Crippen molar-refractivity contribution in [3.63, 3.8) is 0 Å². The van der Waals surface area contributed by atoms with Crippen LogP contribution in [0.3, 0.4) is 0 Å². The molecule has 1 heterocycles. The van der Waals surface area contributed by atoms with Crippen molar-refractivity contribution in [3.05, 3.63) is 28.1 Å². The van der Waals surface area contributed by atoms with E-state index in [4.69, 9.17) is 10.2 Å². The topological polar surface area (TPSA) is 135 Å². The van der Waals surface area contributed by atoms with Crippen LogP contribution in [0, 0.1) is 10.1 Å². The van der Waals surface area contributed by atoms with E-state index in [1.54, 1.807) is 13.8 Å². The van der Waals surface area contributed by atoms with Gasteiger partial charge < -0.3 is 20.1 Å². The molecule has 3 N–H and O–H groups in total. The number of aromatic nitrogens is 1. The molecule has 9 heteroatoms. The molecule has 0 saturated carbocycles. The Labute approximate surface area is 114 Å². The number of hydrogen-bond acceptors (Lipinski definition) is 5. The van der Waals surface area contributed by atoms with Crippen LogP contribution in [0.5, 0.6) is 0 Å². The van der Waals surface area contributed by atoms with Gasteiger partial charge in [0.1, 0.15) is 5.69 Å². The van der Waals surface area contributed by atoms with E-state index in [-0.39, 0.29) is 17.4 Å². The van der Waals surface area contributed by atoms with Crippen molar-refractivity contribution in [1.82, 2.24) is 9.88 Å². The SMILES string of the molecule is CC(C)n1cc([N+](=O)[O-])cc1C(=O)N[C@H](CO)C(=O)O. The lowest BCUT2D eigenvalue weighted by Crippen LogP contribution is -2.43. The monoisotopic (exact) mass is 285 g/mol. The highest BCUT2D eigenvalue weighted by Gasteiger charge is 2.25. The maximum absolute atomic E-state index is 12.0. The first-order valence-electron chi connectivity index (χ1n) is 5.78. The molecule has 0 bridgehead atoms. The minimum Gasteiger partial charge on any atom is -0.480 e. The van der Waals surface area contributed by atoms with Gasteiger partial charge in [-0.1, -0.05) is 0 Å². The Morgan fingerprint density at radius 2 is 2.10 bits per heavy atom. The summed E-state index contributed by atoms with van der Waals surface area (Å²) in [6, 6.07) is -0.620. The van der Waals surface area contributed by atoms with Gasteiger partial charge in [0.05, 0.1) is 17.7 Å². The number of carboxylic acid groups (broad SMARTS) is 1. The maximum Gasteiger partial charge on any atom is 0.328 e. The molecule has 0 fully saturated rings. The highest BCUT2D eigenvalue weighted by Crippen LogP contribution is 2.20. The number of amides is 1. The maximum atomic E-state index is 12.0. The number of rotatable bonds is 6. The zero-order valence-corrected chi connectivity index (χ0v) is 10.9. The van der Waals surface area contributed by atoms with Gasteiger partial charge in [0.15, 0.2) is 6.04 Å². The third-order valence-electron chi connectivity index (χ3n) is 2.62. The zero-order chi connectivity index (χ0) is 15.4. The number of aliphatic hydroxyl groups is 1. The Morgan fingerprint density at radius 1 is 1.50 bits per heavy atom. The molecule has 1 aromatic rings. The summed E-state index contributed by atoms with van der Waals surface area (Å²) in [5.41, 5.74) is -0.300. The van der Waals surface area contributed by atoms with Crippen LogP contribution in [0.15, 0.2) is 12.3 Å². The molecule has 0 aliphatic carbocycles. The van der Waals surface area contributed by atoms with Crippen LogP contribution in [0.2, 0.25) is 0 Å². The van der Waals surface area contributed by atoms with Crippen LogP contribution >= 0.6 is 0 Å². The van der Waals surface area contributed by atoms with Crippen LogP contribution in [0.4, 0.5) is 5.69 Å². The van der Waals surface area contributed by atoms with Gasteiger partial charge in [-0.2, -0.15) is 0 Å². The number of hydrogen-bond donors (Lipinski definition) is 3. The van der Waals surface area contributed by atoms with Gasteiger partial charge in [0.2, 0.25) is 0 Å². The second kappa shape index (κ2) is 6.15. The van der Waals surface area contributed by atoms with Crippen LogP contribution in [-0.4, -0.2) is 44.2 Å². The van der Waals surface area contributed by atoms with E-state index in [2.05, 4.69) is 5.32 Å². The third-order valence-corrected chi connectivity index (χ3v) is 2.62. The molecule has 20 heavy (non-hydrogen) atoms. The summed E-state index contributed by atoms with van der Waals surface area (Å²) in [5.74, 6) is -2.19. The molecule has 1 aromatic heterocycles. The molecular weight excluding hydrogens is 270 g/mol. The molecule has 0 aliphatic heterocycles. The lowest BCUT2D eigenvalue weighted by Gasteiger charge is -2.14. The predicted molar refractivity (Wildman–Crippen MR) is 67.4 cm³/mol. The molecule has 1 atom stereocenters. The number of nitro groups is 1. The first kappa shape index (κ1) is 15.6. The fourth-order valence-corrected chi connectivity index (χ4v) is 1.59. The number of nitrogens with zero attached hydrogens (tertiary/aromatic N) is 2. The van der Waals surface area contributed by atoms with Gasteiger partial charge in [-0.3, -0.25) is 14.9 Å². The Hall–Kier alpha value is -2.42. The number of aliphatic carboxylic acids is 1. The molecule has 110 valence electrons. The summed E-state index contributed by atoms with van der Waals surface area (Å²) < 4.78 is 1.36. The van der Waals surface area contributed by atoms with Gasteiger partial charge >= 0.3 is 5.97 Å². The van der Waals surface area contributed by atoms with Crippen LogP contribution in [-0.2, 0) is 4.79 Å². The molecule has 0 radical (unpaired) electrons. The highest BCUT2D eigenvalue weighted by molar-refractivity contribution is 5.96. The molecule has 1 amide bonds. The number of aliphatic hydroxyl groups excluding tert-OH is 1. The molecule has 9 nitrogen and oxygen atoms in total. The number of nitrogens with one attached hydrogen (secondary N) is 1. The molecule has 0 saturated heterocycles. The predicted octanol–water partition coefficient (Wildman–Crippen LogP) is 0.152. The van der Waals surface area contributed by atoms with Crippen molar-refractivity contribution in [2.45, 2.75) is 25.9 Å². The van der Waals surface area contributed by atoms with Gasteiger partial charge in [-0.15, -0.1) is 0 Å². The average Bonchev–Trinajstić information content (AvgIpc) is 2.80. The van der Waals surface area contributed by atoms with Crippen LogP contribution in [0.1, 0.15) is 30.4 Å². The van der Waals surface area contributed by atoms with Gasteiger partial charge in [-0.25, -0.2) is 4.79 Å². The van der Waals surface area contributed by atoms with Crippen LogP contribution in [0.25, 0.3) is 0 Å². The standard InChI is InChI=1S/C11H15N3O6/c1-6(2)13-4-7(14(19)20)3-9(13)10(16)12-8(5-15)11(17)18/h3-4,6,8,15H,5H2,1-2H3,(H,12,16)(H,17,18)/t8-/m1/s1. The molecule has 0 aliphatic rings. The minimum atomic E-state index is -1.46. The number of carbonyl (C=O) groups excluding carboxylic acids is 1. The molecular formula is C11H15N3O6. The largest absolute Gasteiger partial charge is 0.480 e. The number of carboxylic acids is 1. The molecule has 0 unspecified atom stereocenters. The van der Waals surface area contributed by atoms with E-state index >= 15 is 0 Å². The lowest BCUT2D eigenvalue weighted by molar-refractivity contribution is -0.384. The van der Waals surface area contributed by atoms with Gasteiger partial charge in [0, 0.05) is 12.1 Å². The highest BCUT2D eigenvalue weighted by atomic mass is 16.6. The average molecular weight is 285 g/mol. The second-order valence-corrected chi connectivity index (χ2v) is 4.39. The van der Waals surface area contributed by atoms with Crippen molar-refractivity contribution in [2.24, 2.45) is 0 Å². The van der Waals surface area contributed by atoms with Crippen molar-refractivity contribution in [2.75, 3.05) is 6.61 Å². The van der Waals surface area contributed by atoms with Crippen LogP contribution < -0.4 is 5.32 Å². The summed E-state index contributed by atoms with van der Waals surface area (Å²) in [4.78, 5) is 32.8. The lowest BCUT2D eigenvalue weighted by atomic mass is 10.2. The quantitative estimate of drug-likeness (QED) is 0.503. The zero-order valence-electron chi connectivity index (χ0n) is 10.9. The number of carbonyl (C=O) groups is 2. The Morgan fingerprint density at radius 3 is 2.50 bits per heavy atom. The second-order valence-electron chi connectivity index (χ2n) is 4.39.